The molecule has 5 heteroatoms. The first kappa shape index (κ1) is 10.7. The Hall–Kier alpha value is -1.80. The van der Waals surface area contributed by atoms with Crippen LogP contribution in [-0.2, 0) is 16.0 Å². The Morgan fingerprint density at radius 1 is 1.75 bits per heavy atom. The number of fused-ring (bicyclic) bond motifs is 1. The van der Waals surface area contributed by atoms with Crippen LogP contribution in [0, 0.1) is 12.3 Å². The van der Waals surface area contributed by atoms with Gasteiger partial charge in [0, 0.05) is 17.3 Å². The van der Waals surface area contributed by atoms with E-state index in [1.54, 1.807) is 6.20 Å². The predicted molar refractivity (Wildman–Crippen MR) is 61.3 cm³/mol. The SMILES string of the molecule is C#Cc1cn2c(CCC(=O)OC)csc2n1. The van der Waals surface area contributed by atoms with Crippen molar-refractivity contribution < 1.29 is 9.53 Å². The van der Waals surface area contributed by atoms with E-state index in [4.69, 9.17) is 6.42 Å². The zero-order chi connectivity index (χ0) is 11.5. The van der Waals surface area contributed by atoms with E-state index < -0.39 is 0 Å². The van der Waals surface area contributed by atoms with Gasteiger partial charge in [0.2, 0.25) is 0 Å². The first-order chi connectivity index (χ1) is 7.74. The summed E-state index contributed by atoms with van der Waals surface area (Å²) in [6.07, 6.45) is 8.07. The van der Waals surface area contributed by atoms with Gasteiger partial charge in [-0.1, -0.05) is 0 Å². The number of terminal acetylenes is 1. The molecule has 0 atom stereocenters. The van der Waals surface area contributed by atoms with Crippen LogP contribution in [0.3, 0.4) is 0 Å². The second-order valence-corrected chi connectivity index (χ2v) is 4.06. The van der Waals surface area contributed by atoms with Crippen LogP contribution in [0.4, 0.5) is 0 Å². The van der Waals surface area contributed by atoms with Crippen molar-refractivity contribution >= 4 is 22.3 Å². The fraction of sp³-hybridized carbons (Fsp3) is 0.273. The molecule has 82 valence electrons. The molecule has 2 heterocycles. The summed E-state index contributed by atoms with van der Waals surface area (Å²) < 4.78 is 6.51. The largest absolute Gasteiger partial charge is 0.469 e. The number of carbonyl (C=O) groups is 1. The molecule has 0 bridgehead atoms. The van der Waals surface area contributed by atoms with E-state index in [9.17, 15) is 4.79 Å². The number of imidazole rings is 1. The van der Waals surface area contributed by atoms with Crippen LogP contribution in [-0.4, -0.2) is 22.5 Å². The molecule has 0 aliphatic heterocycles. The minimum atomic E-state index is -0.211. The van der Waals surface area contributed by atoms with Gasteiger partial charge in [-0.25, -0.2) is 4.98 Å². The minimum Gasteiger partial charge on any atom is -0.469 e. The molecule has 0 amide bonds. The van der Waals surface area contributed by atoms with Gasteiger partial charge in [0.05, 0.1) is 13.5 Å². The number of hydrogen-bond donors (Lipinski definition) is 0. The first-order valence-corrected chi connectivity index (χ1v) is 5.61. The van der Waals surface area contributed by atoms with Crippen LogP contribution in [0.1, 0.15) is 17.8 Å². The number of thiazole rings is 1. The van der Waals surface area contributed by atoms with E-state index in [2.05, 4.69) is 15.6 Å². The number of carbonyl (C=O) groups excluding carboxylic acids is 1. The van der Waals surface area contributed by atoms with E-state index in [1.807, 2.05) is 9.78 Å². The highest BCUT2D eigenvalue weighted by atomic mass is 32.1. The summed E-state index contributed by atoms with van der Waals surface area (Å²) in [4.78, 5) is 16.1. The summed E-state index contributed by atoms with van der Waals surface area (Å²) >= 11 is 1.51. The first-order valence-electron chi connectivity index (χ1n) is 4.73. The van der Waals surface area contributed by atoms with E-state index in [1.165, 1.54) is 18.4 Å². The number of nitrogens with zero attached hydrogens (tertiary/aromatic N) is 2. The lowest BCUT2D eigenvalue weighted by atomic mass is 10.2. The van der Waals surface area contributed by atoms with E-state index in [-0.39, 0.29) is 5.97 Å². The second-order valence-electron chi connectivity index (χ2n) is 3.23. The summed E-state index contributed by atoms with van der Waals surface area (Å²) in [5.74, 6) is 2.28. The summed E-state index contributed by atoms with van der Waals surface area (Å²) in [5, 5.41) is 1.98. The lowest BCUT2D eigenvalue weighted by molar-refractivity contribution is -0.140. The Kier molecular flexibility index (Phi) is 2.93. The number of aromatic nitrogens is 2. The summed E-state index contributed by atoms with van der Waals surface area (Å²) in [5.41, 5.74) is 1.64. The zero-order valence-electron chi connectivity index (χ0n) is 8.77. The third kappa shape index (κ3) is 1.92. The van der Waals surface area contributed by atoms with Crippen molar-refractivity contribution in [2.45, 2.75) is 12.8 Å². The third-order valence-corrected chi connectivity index (χ3v) is 3.13. The van der Waals surface area contributed by atoms with Gasteiger partial charge < -0.3 is 4.74 Å². The Balaban J connectivity index is 2.21. The number of aryl methyl sites for hydroxylation is 1. The molecular weight excluding hydrogens is 224 g/mol. The minimum absolute atomic E-state index is 0.211. The van der Waals surface area contributed by atoms with E-state index in [0.29, 0.717) is 18.5 Å². The topological polar surface area (TPSA) is 43.6 Å². The van der Waals surface area contributed by atoms with Gasteiger partial charge in [0.1, 0.15) is 5.69 Å². The molecule has 0 unspecified atom stereocenters. The van der Waals surface area contributed by atoms with Crippen molar-refractivity contribution in [3.05, 3.63) is 23.0 Å². The lowest BCUT2D eigenvalue weighted by Gasteiger charge is -1.98. The van der Waals surface area contributed by atoms with Crippen molar-refractivity contribution in [2.24, 2.45) is 0 Å². The Bertz CT molecular complexity index is 562. The molecule has 0 radical (unpaired) electrons. The van der Waals surface area contributed by atoms with Crippen molar-refractivity contribution in [1.82, 2.24) is 9.38 Å². The molecule has 16 heavy (non-hydrogen) atoms. The van der Waals surface area contributed by atoms with Gasteiger partial charge in [-0.3, -0.25) is 9.20 Å². The molecule has 4 nitrogen and oxygen atoms in total. The monoisotopic (exact) mass is 234 g/mol. The van der Waals surface area contributed by atoms with Crippen LogP contribution in [0.5, 0.6) is 0 Å². The van der Waals surface area contributed by atoms with Crippen LogP contribution >= 0.6 is 11.3 Å². The van der Waals surface area contributed by atoms with E-state index in [0.717, 1.165) is 10.7 Å². The van der Waals surface area contributed by atoms with Crippen LogP contribution < -0.4 is 0 Å². The van der Waals surface area contributed by atoms with Crippen molar-refractivity contribution in [3.8, 4) is 12.3 Å². The molecule has 2 aromatic rings. The average Bonchev–Trinajstić information content (AvgIpc) is 2.85. The smallest absolute Gasteiger partial charge is 0.305 e. The fourth-order valence-electron chi connectivity index (χ4n) is 1.41. The average molecular weight is 234 g/mol. The van der Waals surface area contributed by atoms with Crippen LogP contribution in [0.25, 0.3) is 4.96 Å². The normalized spacial score (nSPS) is 10.2. The number of methoxy groups -OCH3 is 1. The molecule has 0 spiro atoms. The third-order valence-electron chi connectivity index (χ3n) is 2.24. The van der Waals surface area contributed by atoms with Crippen LogP contribution in [0.2, 0.25) is 0 Å². The van der Waals surface area contributed by atoms with E-state index >= 15 is 0 Å². The van der Waals surface area contributed by atoms with Gasteiger partial charge >= 0.3 is 5.97 Å². The molecule has 0 fully saturated rings. The summed E-state index contributed by atoms with van der Waals surface area (Å²) in [6, 6.07) is 0. The van der Waals surface area contributed by atoms with Gasteiger partial charge in [-0.05, 0) is 12.3 Å². The fourth-order valence-corrected chi connectivity index (χ4v) is 2.32. The quantitative estimate of drug-likeness (QED) is 0.597. The molecule has 0 aliphatic carbocycles. The number of rotatable bonds is 3. The highest BCUT2D eigenvalue weighted by molar-refractivity contribution is 7.15. The number of ether oxygens (including phenoxy) is 1. The number of esters is 1. The molecule has 0 saturated carbocycles. The molecule has 2 rings (SSSR count). The summed E-state index contributed by atoms with van der Waals surface area (Å²) in [7, 11) is 1.39. The summed E-state index contributed by atoms with van der Waals surface area (Å²) in [6.45, 7) is 0. The maximum absolute atomic E-state index is 11.0. The van der Waals surface area contributed by atoms with Crippen molar-refractivity contribution in [1.29, 1.82) is 0 Å². The molecule has 0 saturated heterocycles. The molecule has 0 aliphatic rings. The maximum atomic E-state index is 11.0. The van der Waals surface area contributed by atoms with Crippen molar-refractivity contribution in [3.63, 3.8) is 0 Å². The van der Waals surface area contributed by atoms with Crippen LogP contribution in [0.15, 0.2) is 11.6 Å². The highest BCUT2D eigenvalue weighted by Crippen LogP contribution is 2.17. The standard InChI is InChI=1S/C11H10N2O2S/c1-3-8-6-13-9(4-5-10(14)15-2)7-16-11(13)12-8/h1,6-7H,4-5H2,2H3. The van der Waals surface area contributed by atoms with Gasteiger partial charge in [0.15, 0.2) is 4.96 Å². The van der Waals surface area contributed by atoms with Gasteiger partial charge in [0.25, 0.3) is 0 Å². The molecule has 0 N–H and O–H groups in total. The molecular formula is C11H10N2O2S. The highest BCUT2D eigenvalue weighted by Gasteiger charge is 2.08. The van der Waals surface area contributed by atoms with Gasteiger partial charge in [-0.2, -0.15) is 0 Å². The second kappa shape index (κ2) is 4.37. The maximum Gasteiger partial charge on any atom is 0.305 e. The Labute approximate surface area is 96.9 Å². The molecule has 2 aromatic heterocycles. The predicted octanol–water partition coefficient (Wildman–Crippen LogP) is 1.48. The zero-order valence-corrected chi connectivity index (χ0v) is 9.58. The van der Waals surface area contributed by atoms with Gasteiger partial charge in [-0.15, -0.1) is 17.8 Å². The lowest BCUT2D eigenvalue weighted by Crippen LogP contribution is -2.02. The van der Waals surface area contributed by atoms with Crippen molar-refractivity contribution in [2.75, 3.05) is 7.11 Å². The number of hydrogen-bond acceptors (Lipinski definition) is 4. The Morgan fingerprint density at radius 3 is 3.25 bits per heavy atom. The molecule has 0 aromatic carbocycles. The Morgan fingerprint density at radius 2 is 2.56 bits per heavy atom.